The first-order valence-electron chi connectivity index (χ1n) is 6.08. The van der Waals surface area contributed by atoms with Gasteiger partial charge in [0.2, 0.25) is 0 Å². The molecular formula is C14H18N4. The second-order valence-corrected chi connectivity index (χ2v) is 4.38. The third-order valence-corrected chi connectivity index (χ3v) is 2.45. The van der Waals surface area contributed by atoms with Gasteiger partial charge in [0, 0.05) is 24.7 Å². The normalized spacial score (nSPS) is 10.4. The van der Waals surface area contributed by atoms with Gasteiger partial charge in [-0.25, -0.2) is 9.97 Å². The molecule has 0 fully saturated rings. The van der Waals surface area contributed by atoms with Gasteiger partial charge in [0.05, 0.1) is 0 Å². The van der Waals surface area contributed by atoms with Crippen LogP contribution in [-0.2, 0) is 0 Å². The molecule has 1 heterocycles. The van der Waals surface area contributed by atoms with Gasteiger partial charge < -0.3 is 10.6 Å². The highest BCUT2D eigenvalue weighted by Gasteiger charge is 2.06. The molecule has 0 aliphatic carbocycles. The van der Waals surface area contributed by atoms with Crippen molar-refractivity contribution < 1.29 is 0 Å². The average Bonchev–Trinajstić information content (AvgIpc) is 2.38. The number of hydrogen-bond acceptors (Lipinski definition) is 4. The van der Waals surface area contributed by atoms with Crippen molar-refractivity contribution in [3.63, 3.8) is 0 Å². The summed E-state index contributed by atoms with van der Waals surface area (Å²) in [6.07, 6.45) is 0. The minimum Gasteiger partial charge on any atom is -0.373 e. The van der Waals surface area contributed by atoms with Crippen molar-refractivity contribution >= 4 is 11.6 Å². The Labute approximate surface area is 107 Å². The molecule has 4 heteroatoms. The highest BCUT2D eigenvalue weighted by molar-refractivity contribution is 5.61. The Balaban J connectivity index is 2.41. The minimum absolute atomic E-state index is 0.341. The van der Waals surface area contributed by atoms with E-state index in [-0.39, 0.29) is 0 Å². The summed E-state index contributed by atoms with van der Waals surface area (Å²) < 4.78 is 0. The largest absolute Gasteiger partial charge is 0.373 e. The maximum Gasteiger partial charge on any atom is 0.163 e. The van der Waals surface area contributed by atoms with Crippen LogP contribution in [-0.4, -0.2) is 23.1 Å². The molecule has 94 valence electrons. The van der Waals surface area contributed by atoms with Gasteiger partial charge in [-0.15, -0.1) is 0 Å². The number of benzene rings is 1. The zero-order chi connectivity index (χ0) is 13.0. The summed E-state index contributed by atoms with van der Waals surface area (Å²) in [6.45, 7) is 4.17. The first-order valence-corrected chi connectivity index (χ1v) is 6.08. The lowest BCUT2D eigenvalue weighted by molar-refractivity contribution is 0.887. The average molecular weight is 242 g/mol. The number of nitrogens with one attached hydrogen (secondary N) is 2. The number of aromatic nitrogens is 2. The predicted octanol–water partition coefficient (Wildman–Crippen LogP) is 3.01. The van der Waals surface area contributed by atoms with Gasteiger partial charge >= 0.3 is 0 Å². The van der Waals surface area contributed by atoms with Crippen molar-refractivity contribution in [2.24, 2.45) is 0 Å². The molecule has 0 spiro atoms. The Hall–Kier alpha value is -2.10. The maximum atomic E-state index is 4.53. The van der Waals surface area contributed by atoms with Crippen LogP contribution in [0.15, 0.2) is 36.4 Å². The third-order valence-electron chi connectivity index (χ3n) is 2.45. The van der Waals surface area contributed by atoms with Gasteiger partial charge in [-0.2, -0.15) is 0 Å². The van der Waals surface area contributed by atoms with Crippen LogP contribution in [0.4, 0.5) is 11.6 Å². The fourth-order valence-electron chi connectivity index (χ4n) is 1.66. The van der Waals surface area contributed by atoms with Crippen molar-refractivity contribution in [1.82, 2.24) is 9.97 Å². The molecule has 18 heavy (non-hydrogen) atoms. The summed E-state index contributed by atoms with van der Waals surface area (Å²) in [5, 5.41) is 6.36. The highest BCUT2D eigenvalue weighted by Crippen LogP contribution is 2.20. The molecule has 0 saturated carbocycles. The van der Waals surface area contributed by atoms with Crippen LogP contribution in [0.1, 0.15) is 13.8 Å². The van der Waals surface area contributed by atoms with Gasteiger partial charge in [-0.05, 0) is 13.8 Å². The number of nitrogens with zero attached hydrogens (tertiary/aromatic N) is 2. The molecule has 1 aromatic carbocycles. The van der Waals surface area contributed by atoms with E-state index in [2.05, 4.69) is 34.4 Å². The van der Waals surface area contributed by atoms with Crippen molar-refractivity contribution in [2.75, 3.05) is 17.7 Å². The van der Waals surface area contributed by atoms with E-state index in [1.54, 1.807) is 0 Å². The van der Waals surface area contributed by atoms with Crippen LogP contribution in [0.5, 0.6) is 0 Å². The maximum absolute atomic E-state index is 4.53. The second-order valence-electron chi connectivity index (χ2n) is 4.38. The van der Waals surface area contributed by atoms with Crippen LogP contribution in [0.3, 0.4) is 0 Å². The Bertz CT molecular complexity index is 508. The van der Waals surface area contributed by atoms with Crippen molar-refractivity contribution in [1.29, 1.82) is 0 Å². The molecular weight excluding hydrogens is 224 g/mol. The van der Waals surface area contributed by atoms with E-state index in [0.29, 0.717) is 6.04 Å². The first-order chi connectivity index (χ1) is 8.69. The molecule has 1 aromatic heterocycles. The molecule has 0 radical (unpaired) electrons. The standard InChI is InChI=1S/C14H18N4/c1-10(2)16-13-9-12(15-3)17-14(18-13)11-7-5-4-6-8-11/h4-10H,1-3H3,(H2,15,16,17,18). The van der Waals surface area contributed by atoms with Gasteiger partial charge in [0.1, 0.15) is 11.6 Å². The highest BCUT2D eigenvalue weighted by atomic mass is 15.1. The Morgan fingerprint density at radius 2 is 1.67 bits per heavy atom. The van der Waals surface area contributed by atoms with Crippen molar-refractivity contribution in [2.45, 2.75) is 19.9 Å². The van der Waals surface area contributed by atoms with E-state index in [4.69, 9.17) is 0 Å². The van der Waals surface area contributed by atoms with Crippen LogP contribution in [0.25, 0.3) is 11.4 Å². The van der Waals surface area contributed by atoms with Gasteiger partial charge in [0.25, 0.3) is 0 Å². The molecule has 0 aliphatic heterocycles. The molecule has 2 rings (SSSR count). The monoisotopic (exact) mass is 242 g/mol. The first kappa shape index (κ1) is 12.4. The van der Waals surface area contributed by atoms with E-state index < -0.39 is 0 Å². The zero-order valence-electron chi connectivity index (χ0n) is 10.9. The molecule has 2 aromatic rings. The van der Waals surface area contributed by atoms with Crippen LogP contribution >= 0.6 is 0 Å². The Morgan fingerprint density at radius 3 is 2.28 bits per heavy atom. The summed E-state index contributed by atoms with van der Waals surface area (Å²) in [5.41, 5.74) is 1.02. The Morgan fingerprint density at radius 1 is 1.00 bits per heavy atom. The Kier molecular flexibility index (Phi) is 3.77. The molecule has 2 N–H and O–H groups in total. The summed E-state index contributed by atoms with van der Waals surface area (Å²) in [5.74, 6) is 2.38. The smallest absolute Gasteiger partial charge is 0.163 e. The molecule has 0 saturated heterocycles. The van der Waals surface area contributed by atoms with Gasteiger partial charge in [-0.3, -0.25) is 0 Å². The number of anilines is 2. The number of hydrogen-bond donors (Lipinski definition) is 2. The lowest BCUT2D eigenvalue weighted by Crippen LogP contribution is -2.12. The predicted molar refractivity (Wildman–Crippen MR) is 75.8 cm³/mol. The van der Waals surface area contributed by atoms with E-state index in [1.165, 1.54) is 0 Å². The topological polar surface area (TPSA) is 49.8 Å². The van der Waals surface area contributed by atoms with Crippen LogP contribution in [0.2, 0.25) is 0 Å². The van der Waals surface area contributed by atoms with Gasteiger partial charge in [0.15, 0.2) is 5.82 Å². The van der Waals surface area contributed by atoms with Crippen molar-refractivity contribution in [3.05, 3.63) is 36.4 Å². The van der Waals surface area contributed by atoms with Crippen molar-refractivity contribution in [3.8, 4) is 11.4 Å². The second kappa shape index (κ2) is 5.49. The quantitative estimate of drug-likeness (QED) is 0.865. The summed E-state index contributed by atoms with van der Waals surface area (Å²) >= 11 is 0. The fraction of sp³-hybridized carbons (Fsp3) is 0.286. The van der Waals surface area contributed by atoms with Crippen LogP contribution in [0, 0.1) is 0 Å². The summed E-state index contributed by atoms with van der Waals surface area (Å²) in [4.78, 5) is 9.00. The van der Waals surface area contributed by atoms with Crippen LogP contribution < -0.4 is 10.6 Å². The van der Waals surface area contributed by atoms with E-state index in [0.717, 1.165) is 23.0 Å². The summed E-state index contributed by atoms with van der Waals surface area (Å²) in [6, 6.07) is 12.2. The number of rotatable bonds is 4. The summed E-state index contributed by atoms with van der Waals surface area (Å²) in [7, 11) is 1.86. The molecule has 0 amide bonds. The molecule has 0 aliphatic rings. The SMILES string of the molecule is CNc1cc(NC(C)C)nc(-c2ccccc2)n1. The lowest BCUT2D eigenvalue weighted by Gasteiger charge is -2.12. The molecule has 4 nitrogen and oxygen atoms in total. The molecule has 0 atom stereocenters. The molecule has 0 bridgehead atoms. The molecule has 0 unspecified atom stereocenters. The van der Waals surface area contributed by atoms with Gasteiger partial charge in [-0.1, -0.05) is 30.3 Å². The minimum atomic E-state index is 0.341. The van der Waals surface area contributed by atoms with E-state index >= 15 is 0 Å². The van der Waals surface area contributed by atoms with E-state index in [1.807, 2.05) is 43.4 Å². The fourth-order valence-corrected chi connectivity index (χ4v) is 1.66. The van der Waals surface area contributed by atoms with E-state index in [9.17, 15) is 0 Å². The third kappa shape index (κ3) is 2.97. The zero-order valence-corrected chi connectivity index (χ0v) is 10.9. The lowest BCUT2D eigenvalue weighted by atomic mass is 10.2.